The average Bonchev–Trinajstić information content (AvgIpc) is 2.74. The summed E-state index contributed by atoms with van der Waals surface area (Å²) in [7, 11) is -2.23. The normalized spacial score (nSPS) is 13.6. The quantitative estimate of drug-likeness (QED) is 0.658. The molecule has 0 saturated heterocycles. The molecule has 1 aliphatic carbocycles. The number of nitrogens with one attached hydrogen (secondary N) is 1. The van der Waals surface area contributed by atoms with Crippen LogP contribution < -0.4 is 9.46 Å². The largest absolute Gasteiger partial charge is 0.495 e. The summed E-state index contributed by atoms with van der Waals surface area (Å²) in [5.74, 6) is 0.396. The minimum absolute atomic E-state index is 0.196. The fourth-order valence-corrected chi connectivity index (χ4v) is 5.01. The second kappa shape index (κ2) is 8.25. The number of rotatable bonds is 6. The van der Waals surface area contributed by atoms with E-state index in [1.54, 1.807) is 30.6 Å². The summed E-state index contributed by atoms with van der Waals surface area (Å²) in [5, 5.41) is 0. The summed E-state index contributed by atoms with van der Waals surface area (Å²) in [6.45, 7) is 0. The zero-order chi connectivity index (χ0) is 20.3. The molecular weight excluding hydrogens is 384 g/mol. The summed E-state index contributed by atoms with van der Waals surface area (Å²) >= 11 is 0. The molecule has 6 heteroatoms. The predicted octanol–water partition coefficient (Wildman–Crippen LogP) is 4.36. The van der Waals surface area contributed by atoms with Crippen molar-refractivity contribution in [3.63, 3.8) is 0 Å². The first-order valence-electron chi connectivity index (χ1n) is 9.75. The van der Waals surface area contributed by atoms with Crippen LogP contribution in [-0.2, 0) is 29.3 Å². The number of hydrogen-bond acceptors (Lipinski definition) is 4. The van der Waals surface area contributed by atoms with E-state index in [0.717, 1.165) is 48.8 Å². The van der Waals surface area contributed by atoms with Gasteiger partial charge in [0.1, 0.15) is 10.6 Å². The van der Waals surface area contributed by atoms with Gasteiger partial charge in [0.2, 0.25) is 0 Å². The van der Waals surface area contributed by atoms with Gasteiger partial charge in [-0.1, -0.05) is 12.1 Å². The highest BCUT2D eigenvalue weighted by atomic mass is 32.2. The number of fused-ring (bicyclic) bond motifs is 1. The minimum atomic E-state index is -3.74. The molecule has 0 unspecified atom stereocenters. The Morgan fingerprint density at radius 3 is 2.21 bits per heavy atom. The molecule has 0 aliphatic heterocycles. The first kappa shape index (κ1) is 19.5. The maximum absolute atomic E-state index is 13.0. The Balaban J connectivity index is 1.56. The number of anilines is 1. The molecule has 0 saturated carbocycles. The van der Waals surface area contributed by atoms with Gasteiger partial charge in [0.25, 0.3) is 10.0 Å². The highest BCUT2D eigenvalue weighted by molar-refractivity contribution is 7.92. The zero-order valence-electron chi connectivity index (χ0n) is 16.4. The Morgan fingerprint density at radius 2 is 1.55 bits per heavy atom. The van der Waals surface area contributed by atoms with E-state index in [2.05, 4.69) is 9.71 Å². The van der Waals surface area contributed by atoms with Crippen LogP contribution >= 0.6 is 0 Å². The van der Waals surface area contributed by atoms with Crippen LogP contribution in [0.5, 0.6) is 5.75 Å². The van der Waals surface area contributed by atoms with E-state index in [9.17, 15) is 8.42 Å². The van der Waals surface area contributed by atoms with Crippen molar-refractivity contribution in [3.05, 3.63) is 83.2 Å². The van der Waals surface area contributed by atoms with Gasteiger partial charge < -0.3 is 4.74 Å². The molecule has 0 amide bonds. The summed E-state index contributed by atoms with van der Waals surface area (Å²) in [6, 6.07) is 15.0. The Morgan fingerprint density at radius 1 is 0.931 bits per heavy atom. The van der Waals surface area contributed by atoms with E-state index in [0.29, 0.717) is 11.4 Å². The van der Waals surface area contributed by atoms with Crippen LogP contribution in [0.1, 0.15) is 35.1 Å². The van der Waals surface area contributed by atoms with Gasteiger partial charge in [0, 0.05) is 18.1 Å². The van der Waals surface area contributed by atoms with Gasteiger partial charge in [-0.3, -0.25) is 9.71 Å². The molecule has 1 aromatic heterocycles. The highest BCUT2D eigenvalue weighted by Crippen LogP contribution is 2.33. The minimum Gasteiger partial charge on any atom is -0.495 e. The molecule has 3 aromatic rings. The maximum atomic E-state index is 13.0. The number of sulfonamides is 1. The van der Waals surface area contributed by atoms with Crippen LogP contribution in [0.25, 0.3) is 0 Å². The first-order valence-corrected chi connectivity index (χ1v) is 11.2. The second-order valence-electron chi connectivity index (χ2n) is 7.31. The third-order valence-electron chi connectivity index (χ3n) is 5.28. The van der Waals surface area contributed by atoms with Gasteiger partial charge in [-0.25, -0.2) is 8.42 Å². The number of methoxy groups -OCH3 is 1. The Hall–Kier alpha value is -2.86. The third-order valence-corrected chi connectivity index (χ3v) is 6.68. The topological polar surface area (TPSA) is 68.3 Å². The number of nitrogens with zero attached hydrogens (tertiary/aromatic N) is 1. The first-order chi connectivity index (χ1) is 14.0. The average molecular weight is 409 g/mol. The number of hydrogen-bond donors (Lipinski definition) is 1. The van der Waals surface area contributed by atoms with E-state index in [1.165, 1.54) is 12.7 Å². The van der Waals surface area contributed by atoms with Crippen molar-refractivity contribution in [1.82, 2.24) is 4.98 Å². The number of aromatic nitrogens is 1. The van der Waals surface area contributed by atoms with Crippen LogP contribution in [0, 0.1) is 0 Å². The number of ether oxygens (including phenoxy) is 1. The van der Waals surface area contributed by atoms with E-state index < -0.39 is 10.0 Å². The van der Waals surface area contributed by atoms with E-state index in [4.69, 9.17) is 4.74 Å². The molecule has 0 spiro atoms. The molecule has 1 heterocycles. The molecule has 4 rings (SSSR count). The summed E-state index contributed by atoms with van der Waals surface area (Å²) in [4.78, 5) is 4.22. The predicted molar refractivity (Wildman–Crippen MR) is 114 cm³/mol. The van der Waals surface area contributed by atoms with Gasteiger partial charge in [0.15, 0.2) is 0 Å². The molecule has 2 aromatic carbocycles. The lowest BCUT2D eigenvalue weighted by molar-refractivity contribution is 0.401. The van der Waals surface area contributed by atoms with Crippen LogP contribution in [0.4, 0.5) is 5.69 Å². The Bertz CT molecular complexity index is 1090. The van der Waals surface area contributed by atoms with Crippen LogP contribution in [-0.4, -0.2) is 20.5 Å². The number of benzene rings is 2. The Kier molecular flexibility index (Phi) is 5.53. The lowest BCUT2D eigenvalue weighted by Gasteiger charge is -2.19. The van der Waals surface area contributed by atoms with Crippen LogP contribution in [0.3, 0.4) is 0 Å². The molecule has 1 aliphatic rings. The fraction of sp³-hybridized carbons (Fsp3) is 0.261. The molecule has 0 atom stereocenters. The van der Waals surface area contributed by atoms with Crippen molar-refractivity contribution in [2.24, 2.45) is 0 Å². The highest BCUT2D eigenvalue weighted by Gasteiger charge is 2.23. The molecule has 0 radical (unpaired) electrons. The SMILES string of the molecule is COc1cc2c(cc1S(=O)(=O)Nc1ccc(Cc3ccncc3)cc1)CCCC2. The smallest absolute Gasteiger partial charge is 0.265 e. The molecular formula is C23H24N2O3S. The van der Waals surface area contributed by atoms with Crippen molar-refractivity contribution >= 4 is 15.7 Å². The summed E-state index contributed by atoms with van der Waals surface area (Å²) in [5.41, 5.74) is 5.08. The van der Waals surface area contributed by atoms with E-state index in [1.807, 2.05) is 30.3 Å². The van der Waals surface area contributed by atoms with Crippen molar-refractivity contribution in [3.8, 4) is 5.75 Å². The molecule has 0 bridgehead atoms. The van der Waals surface area contributed by atoms with Crippen molar-refractivity contribution in [1.29, 1.82) is 0 Å². The van der Waals surface area contributed by atoms with Gasteiger partial charge in [-0.15, -0.1) is 0 Å². The van der Waals surface area contributed by atoms with Crippen LogP contribution in [0.2, 0.25) is 0 Å². The summed E-state index contributed by atoms with van der Waals surface area (Å²) in [6.07, 6.45) is 8.41. The maximum Gasteiger partial charge on any atom is 0.265 e. The van der Waals surface area contributed by atoms with Crippen molar-refractivity contribution in [2.75, 3.05) is 11.8 Å². The third kappa shape index (κ3) is 4.43. The zero-order valence-corrected chi connectivity index (χ0v) is 17.2. The monoisotopic (exact) mass is 408 g/mol. The second-order valence-corrected chi connectivity index (χ2v) is 8.96. The molecule has 0 fully saturated rings. The lowest BCUT2D eigenvalue weighted by Crippen LogP contribution is -2.16. The van der Waals surface area contributed by atoms with E-state index >= 15 is 0 Å². The van der Waals surface area contributed by atoms with Gasteiger partial charge in [-0.05, 0) is 90.8 Å². The number of pyridine rings is 1. The Labute approximate surface area is 171 Å². The van der Waals surface area contributed by atoms with Gasteiger partial charge in [0.05, 0.1) is 7.11 Å². The van der Waals surface area contributed by atoms with Crippen molar-refractivity contribution < 1.29 is 13.2 Å². The summed E-state index contributed by atoms with van der Waals surface area (Å²) < 4.78 is 34.2. The van der Waals surface area contributed by atoms with Gasteiger partial charge in [-0.2, -0.15) is 0 Å². The lowest BCUT2D eigenvalue weighted by atomic mass is 9.92. The molecule has 150 valence electrons. The molecule has 29 heavy (non-hydrogen) atoms. The molecule has 5 nitrogen and oxygen atoms in total. The number of aryl methyl sites for hydroxylation is 2. The molecule has 1 N–H and O–H groups in total. The van der Waals surface area contributed by atoms with Crippen molar-refractivity contribution in [2.45, 2.75) is 37.0 Å². The standard InChI is InChI=1S/C23H24N2O3S/c1-28-22-15-19-4-2-3-5-20(19)16-23(22)29(26,27)25-21-8-6-17(7-9-21)14-18-10-12-24-13-11-18/h6-13,15-16,25H,2-5,14H2,1H3. The van der Waals surface area contributed by atoms with Gasteiger partial charge >= 0.3 is 0 Å². The fourth-order valence-electron chi connectivity index (χ4n) is 3.75. The van der Waals surface area contributed by atoms with Crippen LogP contribution in [0.15, 0.2) is 65.8 Å². The van der Waals surface area contributed by atoms with E-state index in [-0.39, 0.29) is 4.90 Å².